The van der Waals surface area contributed by atoms with Crippen LogP contribution in [0.3, 0.4) is 0 Å². The van der Waals surface area contributed by atoms with E-state index in [2.05, 4.69) is 36.2 Å². The van der Waals surface area contributed by atoms with E-state index in [1.807, 2.05) is 91.0 Å². The molecule has 7 rings (SSSR count). The van der Waals surface area contributed by atoms with E-state index in [1.54, 1.807) is 16.4 Å². The number of carboxylic acid groups (broad SMARTS) is 1. The van der Waals surface area contributed by atoms with Gasteiger partial charge in [0.25, 0.3) is 11.8 Å². The number of benzene rings is 3. The van der Waals surface area contributed by atoms with Gasteiger partial charge in [-0.3, -0.25) is 19.3 Å². The number of rotatable bonds is 11. The SMILES string of the molecule is CC(C)(C)CN1CC/C(=C\C2=C(C(=O)O)N3C(=O)[C@@H](NC(=O)/C(=N\OC(c4ccccc4)(c4ccccc4)c4ccccc4)c4csc(N)n4)[C@H]3SC2)C1=O. The minimum Gasteiger partial charge on any atom is -0.477 e. The van der Waals surface area contributed by atoms with E-state index < -0.39 is 34.8 Å². The maximum absolute atomic E-state index is 14.2. The molecule has 55 heavy (non-hydrogen) atoms. The van der Waals surface area contributed by atoms with Crippen molar-refractivity contribution in [3.63, 3.8) is 0 Å². The lowest BCUT2D eigenvalue weighted by Crippen LogP contribution is -2.71. The fourth-order valence-corrected chi connectivity index (χ4v) is 8.94. The predicted molar refractivity (Wildman–Crippen MR) is 212 cm³/mol. The molecule has 3 amide bonds. The number of thioether (sulfide) groups is 1. The van der Waals surface area contributed by atoms with Gasteiger partial charge in [-0.15, -0.1) is 23.1 Å². The molecule has 0 spiro atoms. The Morgan fingerprint density at radius 3 is 2.07 bits per heavy atom. The lowest BCUT2D eigenvalue weighted by atomic mass is 9.80. The van der Waals surface area contributed by atoms with Crippen molar-refractivity contribution in [3.8, 4) is 0 Å². The largest absolute Gasteiger partial charge is 0.477 e. The Labute approximate surface area is 326 Å². The number of β-lactam (4-membered cyclic amide) rings is 1. The molecule has 4 aromatic rings. The zero-order valence-corrected chi connectivity index (χ0v) is 32.1. The van der Waals surface area contributed by atoms with Gasteiger partial charge in [0, 0.05) is 46.5 Å². The summed E-state index contributed by atoms with van der Waals surface area (Å²) in [6, 6.07) is 27.5. The number of carbonyl (C=O) groups excluding carboxylic acids is 3. The molecular weight excluding hydrogens is 737 g/mol. The van der Waals surface area contributed by atoms with E-state index in [1.165, 1.54) is 16.7 Å². The van der Waals surface area contributed by atoms with Crippen molar-refractivity contribution in [1.29, 1.82) is 0 Å². The third kappa shape index (κ3) is 7.39. The number of nitrogen functional groups attached to an aromatic ring is 1. The highest BCUT2D eigenvalue weighted by Crippen LogP contribution is 2.43. The van der Waals surface area contributed by atoms with E-state index in [-0.39, 0.29) is 39.3 Å². The molecular formula is C41H40N6O6S2. The molecule has 282 valence electrons. The third-order valence-electron chi connectivity index (χ3n) is 9.51. The highest BCUT2D eigenvalue weighted by atomic mass is 32.2. The molecule has 14 heteroatoms. The Morgan fingerprint density at radius 2 is 1.56 bits per heavy atom. The van der Waals surface area contributed by atoms with Crippen molar-refractivity contribution in [2.45, 2.75) is 44.2 Å². The summed E-state index contributed by atoms with van der Waals surface area (Å²) in [7, 11) is 0. The number of thiazole rings is 1. The lowest BCUT2D eigenvalue weighted by Gasteiger charge is -2.49. The lowest BCUT2D eigenvalue weighted by molar-refractivity contribution is -0.150. The summed E-state index contributed by atoms with van der Waals surface area (Å²) in [6.45, 7) is 7.28. The topological polar surface area (TPSA) is 168 Å². The third-order valence-corrected chi connectivity index (χ3v) is 11.5. The van der Waals surface area contributed by atoms with E-state index in [0.29, 0.717) is 30.7 Å². The molecule has 0 aliphatic carbocycles. The summed E-state index contributed by atoms with van der Waals surface area (Å²) < 4.78 is 0. The standard InChI is InChI=1S/C41H40N6O6S2/c1-40(2,3)24-46-20-19-25(35(46)49)21-26-22-54-37-32(36(50)47(37)33(26)38(51)52)44-34(48)31(30-23-55-39(42)43-30)45-53-41(27-13-7-4-8-14-27,28-15-9-5-10-16-28)29-17-11-6-12-18-29/h4-18,21,23,32,37H,19-20,22,24H2,1-3H3,(H2,42,43)(H,44,48)(H,51,52)/b25-21+,45-31-/t32-,37-/m1/s1. The number of carbonyl (C=O) groups is 4. The molecule has 0 bridgehead atoms. The summed E-state index contributed by atoms with van der Waals surface area (Å²) in [6.07, 6.45) is 2.10. The number of aromatic nitrogens is 1. The molecule has 2 atom stereocenters. The molecule has 3 aliphatic rings. The zero-order valence-electron chi connectivity index (χ0n) is 30.5. The van der Waals surface area contributed by atoms with Crippen LogP contribution in [0.15, 0.2) is 124 Å². The van der Waals surface area contributed by atoms with Crippen molar-refractivity contribution in [2.24, 2.45) is 10.6 Å². The molecule has 1 aromatic heterocycles. The van der Waals surface area contributed by atoms with E-state index >= 15 is 0 Å². The summed E-state index contributed by atoms with van der Waals surface area (Å²) in [5.41, 5.74) is 7.46. The van der Waals surface area contributed by atoms with E-state index in [4.69, 9.17) is 10.6 Å². The van der Waals surface area contributed by atoms with Gasteiger partial charge in [0.15, 0.2) is 10.8 Å². The Morgan fingerprint density at radius 1 is 0.982 bits per heavy atom. The fraction of sp³-hybridized carbons (Fsp3) is 0.268. The first kappa shape index (κ1) is 37.6. The monoisotopic (exact) mass is 776 g/mol. The van der Waals surface area contributed by atoms with Crippen LogP contribution in [-0.2, 0) is 29.6 Å². The average molecular weight is 777 g/mol. The predicted octanol–water partition coefficient (Wildman–Crippen LogP) is 5.38. The maximum atomic E-state index is 14.2. The van der Waals surface area contributed by atoms with Crippen LogP contribution in [0.1, 0.15) is 49.6 Å². The normalized spacial score (nSPS) is 19.7. The summed E-state index contributed by atoms with van der Waals surface area (Å²) >= 11 is 2.42. The highest BCUT2D eigenvalue weighted by molar-refractivity contribution is 8.00. The summed E-state index contributed by atoms with van der Waals surface area (Å²) in [4.78, 5) is 67.7. The number of fused-ring (bicyclic) bond motifs is 1. The van der Waals surface area contributed by atoms with Crippen molar-refractivity contribution in [2.75, 3.05) is 24.6 Å². The highest BCUT2D eigenvalue weighted by Gasteiger charge is 2.54. The van der Waals surface area contributed by atoms with Crippen LogP contribution < -0.4 is 11.1 Å². The van der Waals surface area contributed by atoms with Gasteiger partial charge in [0.05, 0.1) is 0 Å². The smallest absolute Gasteiger partial charge is 0.352 e. The maximum Gasteiger partial charge on any atom is 0.352 e. The number of nitrogens with one attached hydrogen (secondary N) is 1. The van der Waals surface area contributed by atoms with Gasteiger partial charge in [-0.05, 0) is 23.5 Å². The second-order valence-corrected chi connectivity index (χ2v) is 16.6. The number of nitrogens with two attached hydrogens (primary N) is 1. The van der Waals surface area contributed by atoms with E-state index in [0.717, 1.165) is 28.0 Å². The second kappa shape index (κ2) is 15.2. The molecule has 3 aromatic carbocycles. The van der Waals surface area contributed by atoms with Crippen molar-refractivity contribution in [3.05, 3.63) is 142 Å². The number of oxime groups is 1. The first-order valence-corrected chi connectivity index (χ1v) is 19.7. The zero-order chi connectivity index (χ0) is 38.9. The quantitative estimate of drug-likeness (QED) is 0.0596. The molecule has 0 unspecified atom stereocenters. The number of hydrogen-bond acceptors (Lipinski definition) is 10. The minimum atomic E-state index is -1.31. The Kier molecular flexibility index (Phi) is 10.4. The van der Waals surface area contributed by atoms with Crippen molar-refractivity contribution < 1.29 is 29.1 Å². The Hall–Kier alpha value is -5.73. The summed E-state index contributed by atoms with van der Waals surface area (Å²) in [5.74, 6) is -2.56. The average Bonchev–Trinajstić information content (AvgIpc) is 3.76. The van der Waals surface area contributed by atoms with Gasteiger partial charge in [0.1, 0.15) is 22.8 Å². The number of carboxylic acids is 1. The molecule has 2 fully saturated rings. The van der Waals surface area contributed by atoms with Gasteiger partial charge >= 0.3 is 5.97 Å². The second-order valence-electron chi connectivity index (χ2n) is 14.6. The van der Waals surface area contributed by atoms with Crippen molar-refractivity contribution >= 4 is 57.6 Å². The van der Waals surface area contributed by atoms with Crippen LogP contribution in [-0.4, -0.2) is 79.6 Å². The van der Waals surface area contributed by atoms with Crippen LogP contribution in [0.25, 0.3) is 0 Å². The molecule has 0 radical (unpaired) electrons. The van der Waals surface area contributed by atoms with Gasteiger partial charge in [-0.1, -0.05) is 117 Å². The minimum absolute atomic E-state index is 0.0917. The van der Waals surface area contributed by atoms with Crippen LogP contribution in [0.4, 0.5) is 5.13 Å². The van der Waals surface area contributed by atoms with Crippen molar-refractivity contribution in [1.82, 2.24) is 20.1 Å². The number of nitrogens with zero attached hydrogens (tertiary/aromatic N) is 4. The van der Waals surface area contributed by atoms with Gasteiger partial charge in [-0.25, -0.2) is 9.78 Å². The first-order valence-electron chi connectivity index (χ1n) is 17.7. The van der Waals surface area contributed by atoms with Gasteiger partial charge in [0.2, 0.25) is 11.5 Å². The molecule has 0 saturated carbocycles. The Bertz CT molecular complexity index is 2120. The molecule has 4 N–H and O–H groups in total. The summed E-state index contributed by atoms with van der Waals surface area (Å²) in [5, 5.41) is 18.7. The van der Waals surface area contributed by atoms with E-state index in [9.17, 15) is 24.3 Å². The first-order chi connectivity index (χ1) is 26.4. The molecule has 3 aliphatic heterocycles. The number of allylic oxidation sites excluding steroid dienone is 1. The van der Waals surface area contributed by atoms with Gasteiger partial charge < -0.3 is 25.9 Å². The Balaban J connectivity index is 1.20. The van der Waals surface area contributed by atoms with Crippen LogP contribution in [0, 0.1) is 5.41 Å². The molecule has 4 heterocycles. The van der Waals surface area contributed by atoms with Crippen LogP contribution in [0.5, 0.6) is 0 Å². The molecule has 2 saturated heterocycles. The number of likely N-dealkylation sites (tertiary alicyclic amines) is 1. The van der Waals surface area contributed by atoms with Crippen LogP contribution >= 0.6 is 23.1 Å². The number of hydrogen-bond donors (Lipinski definition) is 3. The number of anilines is 1. The molecule has 12 nitrogen and oxygen atoms in total. The number of aliphatic carboxylic acids is 1. The van der Waals surface area contributed by atoms with Crippen LogP contribution in [0.2, 0.25) is 0 Å². The number of amides is 3. The van der Waals surface area contributed by atoms with Gasteiger partial charge in [-0.2, -0.15) is 0 Å². The fourth-order valence-electron chi connectivity index (χ4n) is 7.09.